The van der Waals surface area contributed by atoms with Gasteiger partial charge in [0, 0.05) is 5.69 Å². The van der Waals surface area contributed by atoms with E-state index in [2.05, 4.69) is 0 Å². The van der Waals surface area contributed by atoms with E-state index >= 15 is 0 Å². The Balaban J connectivity index is 1.80. The lowest BCUT2D eigenvalue weighted by Gasteiger charge is -2.20. The number of hydrogen-bond donors (Lipinski definition) is 0. The number of aryl methyl sites for hydroxylation is 1. The second-order valence-corrected chi connectivity index (χ2v) is 5.53. The first-order valence-corrected chi connectivity index (χ1v) is 7.28. The van der Waals surface area contributed by atoms with E-state index in [9.17, 15) is 4.79 Å². The summed E-state index contributed by atoms with van der Waals surface area (Å²) in [5.41, 5.74) is 3.24. The molecule has 1 amide bonds. The summed E-state index contributed by atoms with van der Waals surface area (Å²) in [7, 11) is 0. The summed E-state index contributed by atoms with van der Waals surface area (Å²) >= 11 is 5.48. The van der Waals surface area contributed by atoms with Gasteiger partial charge in [0.2, 0.25) is 5.91 Å². The summed E-state index contributed by atoms with van der Waals surface area (Å²) in [5, 5.41) is 0.577. The van der Waals surface area contributed by atoms with Crippen LogP contribution in [0, 0.1) is 6.92 Å². The molecule has 0 spiro atoms. The van der Waals surface area contributed by atoms with Gasteiger partial charge in [-0.25, -0.2) is 0 Å². The van der Waals surface area contributed by atoms with Gasteiger partial charge in [0.1, 0.15) is 6.54 Å². The summed E-state index contributed by atoms with van der Waals surface area (Å²) in [5.74, 6) is 0.0458. The minimum atomic E-state index is 0.0458. The average Bonchev–Trinajstić information content (AvgIpc) is 2.77. The van der Waals surface area contributed by atoms with E-state index in [4.69, 9.17) is 12.2 Å². The van der Waals surface area contributed by atoms with E-state index in [-0.39, 0.29) is 5.91 Å². The van der Waals surface area contributed by atoms with Crippen LogP contribution in [0.25, 0.3) is 0 Å². The molecule has 0 saturated carbocycles. The summed E-state index contributed by atoms with van der Waals surface area (Å²) < 4.78 is 0. The number of carbonyl (C=O) groups excluding carboxylic acids is 1. The Labute approximate surface area is 129 Å². The van der Waals surface area contributed by atoms with Crippen molar-refractivity contribution >= 4 is 28.9 Å². The van der Waals surface area contributed by atoms with Gasteiger partial charge in [0.25, 0.3) is 0 Å². The van der Waals surface area contributed by atoms with Crippen molar-refractivity contribution in [1.82, 2.24) is 4.90 Å². The van der Waals surface area contributed by atoms with Gasteiger partial charge in [0.05, 0.1) is 6.54 Å². The van der Waals surface area contributed by atoms with Crippen molar-refractivity contribution in [2.45, 2.75) is 13.5 Å². The van der Waals surface area contributed by atoms with Crippen molar-refractivity contribution < 1.29 is 4.79 Å². The smallest absolute Gasteiger partial charge is 0.249 e. The number of nitrogens with zero attached hydrogens (tertiary/aromatic N) is 2. The van der Waals surface area contributed by atoms with E-state index in [1.165, 1.54) is 5.56 Å². The summed E-state index contributed by atoms with van der Waals surface area (Å²) in [6.07, 6.45) is 0. The molecule has 0 N–H and O–H groups in total. The molecule has 1 saturated heterocycles. The highest BCUT2D eigenvalue weighted by Crippen LogP contribution is 2.23. The maximum absolute atomic E-state index is 12.2. The third-order valence-corrected chi connectivity index (χ3v) is 4.03. The van der Waals surface area contributed by atoms with Gasteiger partial charge in [-0.1, -0.05) is 48.0 Å². The number of carbonyl (C=O) groups is 1. The Kier molecular flexibility index (Phi) is 3.71. The molecule has 3 rings (SSSR count). The van der Waals surface area contributed by atoms with Crippen molar-refractivity contribution in [2.75, 3.05) is 11.4 Å². The molecule has 21 heavy (non-hydrogen) atoms. The minimum Gasteiger partial charge on any atom is -0.309 e. The lowest BCUT2D eigenvalue weighted by molar-refractivity contribution is -0.124. The van der Waals surface area contributed by atoms with Gasteiger partial charge in [-0.15, -0.1) is 0 Å². The Morgan fingerprint density at radius 1 is 1.05 bits per heavy atom. The predicted octanol–water partition coefficient (Wildman–Crippen LogP) is 3.13. The van der Waals surface area contributed by atoms with Gasteiger partial charge in [0.15, 0.2) is 5.11 Å². The normalized spacial score (nSPS) is 14.9. The fourth-order valence-electron chi connectivity index (χ4n) is 2.39. The lowest BCUT2D eigenvalue weighted by Crippen LogP contribution is -2.32. The summed E-state index contributed by atoms with van der Waals surface area (Å²) in [6, 6.07) is 18.0. The van der Waals surface area contributed by atoms with Crippen LogP contribution in [0.1, 0.15) is 11.1 Å². The first kappa shape index (κ1) is 13.8. The van der Waals surface area contributed by atoms with E-state index < -0.39 is 0 Å². The highest BCUT2D eigenvalue weighted by atomic mass is 32.1. The molecular formula is C17H16N2OS. The topological polar surface area (TPSA) is 23.6 Å². The molecule has 2 aromatic carbocycles. The number of rotatable bonds is 3. The molecule has 0 aromatic heterocycles. The number of anilines is 1. The van der Waals surface area contributed by atoms with Crippen LogP contribution in [0.2, 0.25) is 0 Å². The fourth-order valence-corrected chi connectivity index (χ4v) is 2.73. The molecule has 0 atom stereocenters. The number of thiocarbonyl (C=S) groups is 1. The Morgan fingerprint density at radius 3 is 2.38 bits per heavy atom. The van der Waals surface area contributed by atoms with Crippen molar-refractivity contribution in [3.05, 3.63) is 65.7 Å². The molecule has 1 aliphatic heterocycles. The van der Waals surface area contributed by atoms with Gasteiger partial charge < -0.3 is 4.90 Å². The lowest BCUT2D eigenvalue weighted by atomic mass is 10.2. The van der Waals surface area contributed by atoms with E-state index in [1.807, 2.05) is 66.4 Å². The van der Waals surface area contributed by atoms with Gasteiger partial charge in [-0.2, -0.15) is 0 Å². The van der Waals surface area contributed by atoms with Crippen molar-refractivity contribution in [2.24, 2.45) is 0 Å². The van der Waals surface area contributed by atoms with Gasteiger partial charge >= 0.3 is 0 Å². The van der Waals surface area contributed by atoms with Crippen LogP contribution in [0.15, 0.2) is 54.6 Å². The van der Waals surface area contributed by atoms with Crippen LogP contribution < -0.4 is 4.90 Å². The average molecular weight is 296 g/mol. The van der Waals surface area contributed by atoms with E-state index in [1.54, 1.807) is 4.90 Å². The second-order valence-electron chi connectivity index (χ2n) is 5.17. The molecule has 1 fully saturated rings. The van der Waals surface area contributed by atoms with Crippen LogP contribution in [0.5, 0.6) is 0 Å². The first-order valence-electron chi connectivity index (χ1n) is 6.87. The van der Waals surface area contributed by atoms with E-state index in [0.717, 1.165) is 11.3 Å². The zero-order chi connectivity index (χ0) is 14.8. The SMILES string of the molecule is Cc1ccc(N2CC(=O)N(Cc3ccccc3)C2=S)cc1. The summed E-state index contributed by atoms with van der Waals surface area (Å²) in [4.78, 5) is 15.8. The quantitative estimate of drug-likeness (QED) is 0.813. The first-order chi connectivity index (χ1) is 10.1. The number of amides is 1. The largest absolute Gasteiger partial charge is 0.309 e. The minimum absolute atomic E-state index is 0.0458. The molecule has 4 heteroatoms. The number of hydrogen-bond acceptors (Lipinski definition) is 2. The second kappa shape index (κ2) is 5.66. The molecule has 0 radical (unpaired) electrons. The zero-order valence-electron chi connectivity index (χ0n) is 11.8. The highest BCUT2D eigenvalue weighted by molar-refractivity contribution is 7.80. The van der Waals surface area contributed by atoms with Crippen LogP contribution in [0.4, 0.5) is 5.69 Å². The van der Waals surface area contributed by atoms with Crippen molar-refractivity contribution in [3.63, 3.8) is 0 Å². The van der Waals surface area contributed by atoms with E-state index in [0.29, 0.717) is 18.2 Å². The molecule has 2 aromatic rings. The standard InChI is InChI=1S/C17H16N2OS/c1-13-7-9-15(10-8-13)18-12-16(20)19(17(18)21)11-14-5-3-2-4-6-14/h2-10H,11-12H2,1H3. The monoisotopic (exact) mass is 296 g/mol. The number of benzene rings is 2. The van der Waals surface area contributed by atoms with Gasteiger partial charge in [-0.3, -0.25) is 9.69 Å². The third-order valence-electron chi connectivity index (χ3n) is 3.59. The molecule has 106 valence electrons. The molecule has 0 unspecified atom stereocenters. The maximum Gasteiger partial charge on any atom is 0.249 e. The molecule has 0 bridgehead atoms. The van der Waals surface area contributed by atoms with Crippen LogP contribution in [-0.2, 0) is 11.3 Å². The molecule has 1 aliphatic rings. The predicted molar refractivity (Wildman–Crippen MR) is 88.1 cm³/mol. The van der Waals surface area contributed by atoms with Crippen molar-refractivity contribution in [1.29, 1.82) is 0 Å². The highest BCUT2D eigenvalue weighted by Gasteiger charge is 2.33. The van der Waals surface area contributed by atoms with Gasteiger partial charge in [-0.05, 0) is 36.8 Å². The molecule has 0 aliphatic carbocycles. The Bertz CT molecular complexity index is 667. The third kappa shape index (κ3) is 2.81. The van der Waals surface area contributed by atoms with Crippen LogP contribution >= 0.6 is 12.2 Å². The molecule has 3 nitrogen and oxygen atoms in total. The van der Waals surface area contributed by atoms with Crippen LogP contribution in [0.3, 0.4) is 0 Å². The molecule has 1 heterocycles. The Hall–Kier alpha value is -2.20. The Morgan fingerprint density at radius 2 is 1.71 bits per heavy atom. The zero-order valence-corrected chi connectivity index (χ0v) is 12.6. The van der Waals surface area contributed by atoms with Crippen LogP contribution in [-0.4, -0.2) is 22.5 Å². The molecular weight excluding hydrogens is 280 g/mol. The maximum atomic E-state index is 12.2. The fraction of sp³-hybridized carbons (Fsp3) is 0.176. The van der Waals surface area contributed by atoms with Crippen molar-refractivity contribution in [3.8, 4) is 0 Å². The summed E-state index contributed by atoms with van der Waals surface area (Å²) in [6.45, 7) is 2.88.